The molecule has 0 saturated carbocycles. The lowest BCUT2D eigenvalue weighted by Crippen LogP contribution is -2.40. The standard InChI is InChI=1S/C30H22FN3O3S/c1-3-17-37-24-12-8-7-9-21(24)18-25-29(36)34-27(20-13-15-22(31)16-14-20)26(19(2)32-30(34)38-25)28(35)33-23-10-5-4-6-11-23/h1,4-16,18,27H,17H2,2H3,(H,33,35)/t27-/m1/s1. The zero-order valence-corrected chi connectivity index (χ0v) is 21.2. The van der Waals surface area contributed by atoms with E-state index in [1.54, 1.807) is 43.3 Å². The molecule has 1 atom stereocenters. The van der Waals surface area contributed by atoms with Crippen molar-refractivity contribution in [3.05, 3.63) is 127 Å². The van der Waals surface area contributed by atoms with E-state index in [0.717, 1.165) is 0 Å². The highest BCUT2D eigenvalue weighted by Gasteiger charge is 2.32. The molecule has 38 heavy (non-hydrogen) atoms. The molecule has 0 spiro atoms. The van der Waals surface area contributed by atoms with Crippen LogP contribution in [0.3, 0.4) is 0 Å². The Hall–Kier alpha value is -4.74. The van der Waals surface area contributed by atoms with Crippen LogP contribution in [0.5, 0.6) is 5.75 Å². The number of halogens is 1. The van der Waals surface area contributed by atoms with Crippen molar-refractivity contribution >= 4 is 29.0 Å². The van der Waals surface area contributed by atoms with Crippen molar-refractivity contribution in [3.63, 3.8) is 0 Å². The largest absolute Gasteiger partial charge is 0.480 e. The third kappa shape index (κ3) is 4.92. The highest BCUT2D eigenvalue weighted by molar-refractivity contribution is 7.07. The Labute approximate surface area is 222 Å². The lowest BCUT2D eigenvalue weighted by atomic mass is 9.95. The van der Waals surface area contributed by atoms with Gasteiger partial charge in [0, 0.05) is 11.3 Å². The van der Waals surface area contributed by atoms with E-state index in [9.17, 15) is 14.0 Å². The number of aromatic nitrogens is 1. The van der Waals surface area contributed by atoms with Crippen molar-refractivity contribution < 1.29 is 13.9 Å². The van der Waals surface area contributed by atoms with Crippen LogP contribution >= 0.6 is 11.3 Å². The summed E-state index contributed by atoms with van der Waals surface area (Å²) in [6, 6.07) is 21.3. The van der Waals surface area contributed by atoms with Gasteiger partial charge in [-0.15, -0.1) is 6.42 Å². The molecule has 0 radical (unpaired) electrons. The monoisotopic (exact) mass is 523 g/mol. The minimum atomic E-state index is -0.800. The zero-order valence-electron chi connectivity index (χ0n) is 20.4. The summed E-state index contributed by atoms with van der Waals surface area (Å²) in [5.41, 5.74) is 2.33. The minimum absolute atomic E-state index is 0.0930. The normalized spacial score (nSPS) is 14.9. The van der Waals surface area contributed by atoms with Gasteiger partial charge in [-0.3, -0.25) is 14.2 Å². The number of hydrogen-bond acceptors (Lipinski definition) is 5. The number of terminal acetylenes is 1. The fraction of sp³-hybridized carbons (Fsp3) is 0.100. The molecule has 0 saturated heterocycles. The predicted molar refractivity (Wildman–Crippen MR) is 146 cm³/mol. The van der Waals surface area contributed by atoms with Crippen LogP contribution < -0.4 is 24.9 Å². The number of hydrogen-bond donors (Lipinski definition) is 1. The molecule has 6 nitrogen and oxygen atoms in total. The van der Waals surface area contributed by atoms with Gasteiger partial charge in [-0.2, -0.15) is 0 Å². The molecule has 1 aliphatic heterocycles. The van der Waals surface area contributed by atoms with Gasteiger partial charge >= 0.3 is 0 Å². The van der Waals surface area contributed by atoms with Gasteiger partial charge in [-0.25, -0.2) is 9.38 Å². The van der Waals surface area contributed by atoms with Crippen LogP contribution in [0.15, 0.2) is 99.9 Å². The Morgan fingerprint density at radius 1 is 1.13 bits per heavy atom. The maximum atomic E-state index is 13.8. The molecule has 1 amide bonds. The van der Waals surface area contributed by atoms with Crippen LogP contribution in [0, 0.1) is 18.2 Å². The van der Waals surface area contributed by atoms with Gasteiger partial charge < -0.3 is 10.1 Å². The van der Waals surface area contributed by atoms with Gasteiger partial charge in [-0.05, 0) is 48.9 Å². The first kappa shape index (κ1) is 24.9. The van der Waals surface area contributed by atoms with E-state index in [1.807, 2.05) is 36.4 Å². The van der Waals surface area contributed by atoms with Crippen LogP contribution in [0.2, 0.25) is 0 Å². The summed E-state index contributed by atoms with van der Waals surface area (Å²) < 4.78 is 21.3. The number of ether oxygens (including phenoxy) is 1. The van der Waals surface area contributed by atoms with E-state index in [0.29, 0.717) is 43.2 Å². The summed E-state index contributed by atoms with van der Waals surface area (Å²) >= 11 is 1.20. The second-order valence-electron chi connectivity index (χ2n) is 8.48. The Kier molecular flexibility index (Phi) is 7.03. The first-order valence-corrected chi connectivity index (χ1v) is 12.6. The van der Waals surface area contributed by atoms with Crippen LogP contribution in [-0.4, -0.2) is 17.1 Å². The van der Waals surface area contributed by atoms with Crippen LogP contribution in [0.1, 0.15) is 24.1 Å². The fourth-order valence-electron chi connectivity index (χ4n) is 4.28. The average Bonchev–Trinajstić information content (AvgIpc) is 3.22. The number of thiazole rings is 1. The smallest absolute Gasteiger partial charge is 0.271 e. The lowest BCUT2D eigenvalue weighted by molar-refractivity contribution is -0.113. The van der Waals surface area contributed by atoms with Crippen LogP contribution in [-0.2, 0) is 4.79 Å². The molecule has 0 unspecified atom stereocenters. The van der Waals surface area contributed by atoms with Crippen molar-refractivity contribution in [3.8, 4) is 18.1 Å². The SMILES string of the molecule is C#CCOc1ccccc1C=c1sc2n(c1=O)[C@H](c1ccc(F)cc1)C(C(=O)Nc1ccccc1)=C(C)N=2. The van der Waals surface area contributed by atoms with Gasteiger partial charge in [0.25, 0.3) is 11.5 Å². The molecule has 8 heteroatoms. The average molecular weight is 524 g/mol. The molecule has 1 N–H and O–H groups in total. The fourth-order valence-corrected chi connectivity index (χ4v) is 5.32. The van der Waals surface area contributed by atoms with E-state index in [4.69, 9.17) is 11.2 Å². The Morgan fingerprint density at radius 2 is 1.84 bits per heavy atom. The molecular formula is C30H22FN3O3S. The van der Waals surface area contributed by atoms with Gasteiger partial charge in [0.1, 0.15) is 18.2 Å². The third-order valence-electron chi connectivity index (χ3n) is 6.00. The number of nitrogens with one attached hydrogen (secondary N) is 1. The molecular weight excluding hydrogens is 501 g/mol. The maximum absolute atomic E-state index is 13.8. The van der Waals surface area contributed by atoms with Crippen molar-refractivity contribution in [1.29, 1.82) is 0 Å². The highest BCUT2D eigenvalue weighted by atomic mass is 32.1. The van der Waals surface area contributed by atoms with E-state index in [1.165, 1.54) is 28.0 Å². The Morgan fingerprint density at radius 3 is 2.58 bits per heavy atom. The molecule has 2 heterocycles. The third-order valence-corrected chi connectivity index (χ3v) is 6.98. The Bertz CT molecular complexity index is 1760. The minimum Gasteiger partial charge on any atom is -0.480 e. The summed E-state index contributed by atoms with van der Waals surface area (Å²) in [6.07, 6.45) is 7.06. The Balaban J connectivity index is 1.66. The first-order valence-electron chi connectivity index (χ1n) is 11.8. The molecule has 0 bridgehead atoms. The number of amides is 1. The molecule has 0 aliphatic carbocycles. The molecule has 0 fully saturated rings. The van der Waals surface area contributed by atoms with Crippen molar-refractivity contribution in [2.75, 3.05) is 11.9 Å². The number of allylic oxidation sites excluding steroid dienone is 1. The second kappa shape index (κ2) is 10.7. The summed E-state index contributed by atoms with van der Waals surface area (Å²) in [5, 5.41) is 2.89. The number of carbonyl (C=O) groups excluding carboxylic acids is 1. The summed E-state index contributed by atoms with van der Waals surface area (Å²) in [4.78, 5) is 32.4. The summed E-state index contributed by atoms with van der Waals surface area (Å²) in [7, 11) is 0. The molecule has 188 valence electrons. The van der Waals surface area contributed by atoms with Crippen LogP contribution in [0.25, 0.3) is 6.08 Å². The van der Waals surface area contributed by atoms with Gasteiger partial charge in [0.2, 0.25) is 0 Å². The van der Waals surface area contributed by atoms with E-state index >= 15 is 0 Å². The number of para-hydroxylation sites is 2. The molecule has 1 aromatic heterocycles. The van der Waals surface area contributed by atoms with Crippen molar-refractivity contribution in [2.45, 2.75) is 13.0 Å². The van der Waals surface area contributed by atoms with Gasteiger partial charge in [0.05, 0.1) is 21.8 Å². The molecule has 4 aromatic rings. The summed E-state index contributed by atoms with van der Waals surface area (Å²) in [5.74, 6) is 2.18. The lowest BCUT2D eigenvalue weighted by Gasteiger charge is -2.25. The molecule has 3 aromatic carbocycles. The van der Waals surface area contributed by atoms with E-state index in [2.05, 4.69) is 16.2 Å². The first-order chi connectivity index (χ1) is 18.5. The van der Waals surface area contributed by atoms with E-state index in [-0.39, 0.29) is 12.2 Å². The van der Waals surface area contributed by atoms with Crippen molar-refractivity contribution in [2.24, 2.45) is 4.99 Å². The quantitative estimate of drug-likeness (QED) is 0.388. The number of nitrogens with zero attached hydrogens (tertiary/aromatic N) is 2. The molecule has 5 rings (SSSR count). The van der Waals surface area contributed by atoms with Crippen LogP contribution in [0.4, 0.5) is 10.1 Å². The van der Waals surface area contributed by atoms with Crippen molar-refractivity contribution in [1.82, 2.24) is 4.57 Å². The molecule has 1 aliphatic rings. The summed E-state index contributed by atoms with van der Waals surface area (Å²) in [6.45, 7) is 1.83. The number of anilines is 1. The zero-order chi connectivity index (χ0) is 26.6. The topological polar surface area (TPSA) is 72.7 Å². The van der Waals surface area contributed by atoms with Gasteiger partial charge in [0.15, 0.2) is 4.80 Å². The number of carbonyl (C=O) groups is 1. The maximum Gasteiger partial charge on any atom is 0.271 e. The van der Waals surface area contributed by atoms with E-state index < -0.39 is 17.8 Å². The number of fused-ring (bicyclic) bond motifs is 1. The highest BCUT2D eigenvalue weighted by Crippen LogP contribution is 2.31. The predicted octanol–water partition coefficient (Wildman–Crippen LogP) is 4.03. The second-order valence-corrected chi connectivity index (χ2v) is 9.49. The van der Waals surface area contributed by atoms with Gasteiger partial charge in [-0.1, -0.05) is 65.8 Å². The number of benzene rings is 3. The number of rotatable bonds is 6.